The van der Waals surface area contributed by atoms with Crippen LogP contribution in [0, 0.1) is 5.92 Å². The Labute approximate surface area is 120 Å². The average Bonchev–Trinajstić information content (AvgIpc) is 3.17. The fraction of sp³-hybridized carbons (Fsp3) is 0.357. The molecule has 2 aromatic rings. The van der Waals surface area contributed by atoms with Crippen LogP contribution >= 0.6 is 0 Å². The summed E-state index contributed by atoms with van der Waals surface area (Å²) < 4.78 is 1.44. The standard InChI is InChI=1S/C14H16N4O3/c1-7(8-2-3-8)17-12-10(13(15)19)5-16-18-6-9(14(20)21)4-11(12)18/h4-8,17H,2-3H2,1H3,(H2,15,19)(H,20,21)/t7-/m1/s1. The second-order valence-corrected chi connectivity index (χ2v) is 5.43. The molecule has 0 bridgehead atoms. The minimum atomic E-state index is -1.04. The minimum Gasteiger partial charge on any atom is -0.478 e. The fourth-order valence-electron chi connectivity index (χ4n) is 2.45. The number of carboxylic acids is 1. The molecule has 0 saturated heterocycles. The number of fused-ring (bicyclic) bond motifs is 1. The number of nitrogens with zero attached hydrogens (tertiary/aromatic N) is 2. The zero-order chi connectivity index (χ0) is 15.1. The number of carboxylic acid groups (broad SMARTS) is 1. The van der Waals surface area contributed by atoms with Gasteiger partial charge in [-0.05, 0) is 31.7 Å². The van der Waals surface area contributed by atoms with Crippen LogP contribution in [0.2, 0.25) is 0 Å². The number of nitrogens with two attached hydrogens (primary N) is 1. The Hall–Kier alpha value is -2.57. The van der Waals surface area contributed by atoms with Crippen molar-refractivity contribution in [1.82, 2.24) is 9.61 Å². The highest BCUT2D eigenvalue weighted by Crippen LogP contribution is 2.35. The predicted octanol–water partition coefficient (Wildman–Crippen LogP) is 1.34. The van der Waals surface area contributed by atoms with E-state index in [-0.39, 0.29) is 17.2 Å². The van der Waals surface area contributed by atoms with Crippen LogP contribution in [-0.2, 0) is 0 Å². The molecule has 21 heavy (non-hydrogen) atoms. The Morgan fingerprint density at radius 1 is 1.52 bits per heavy atom. The Bertz CT molecular complexity index is 733. The molecule has 7 nitrogen and oxygen atoms in total. The van der Waals surface area contributed by atoms with Crippen LogP contribution in [0.15, 0.2) is 18.5 Å². The molecule has 0 radical (unpaired) electrons. The third-order valence-corrected chi connectivity index (χ3v) is 3.85. The van der Waals surface area contributed by atoms with Crippen molar-refractivity contribution in [2.45, 2.75) is 25.8 Å². The first-order valence-electron chi connectivity index (χ1n) is 6.78. The number of amides is 1. The number of carbonyl (C=O) groups is 2. The van der Waals surface area contributed by atoms with Crippen LogP contribution < -0.4 is 11.1 Å². The van der Waals surface area contributed by atoms with Gasteiger partial charge in [0.1, 0.15) is 0 Å². The van der Waals surface area contributed by atoms with E-state index in [1.165, 1.54) is 23.0 Å². The number of anilines is 1. The first kappa shape index (κ1) is 13.4. The SMILES string of the molecule is C[C@@H](Nc1c(C(N)=O)cnn2cc(C(=O)O)cc12)C1CC1. The topological polar surface area (TPSA) is 110 Å². The normalized spacial score (nSPS) is 15.9. The zero-order valence-corrected chi connectivity index (χ0v) is 11.5. The summed E-state index contributed by atoms with van der Waals surface area (Å²) in [6, 6.07) is 1.68. The molecule has 1 aliphatic carbocycles. The maximum atomic E-state index is 11.6. The molecule has 4 N–H and O–H groups in total. The second-order valence-electron chi connectivity index (χ2n) is 5.43. The number of aromatic nitrogens is 2. The molecular formula is C14H16N4O3. The summed E-state index contributed by atoms with van der Waals surface area (Å²) in [7, 11) is 0. The summed E-state index contributed by atoms with van der Waals surface area (Å²) in [6.45, 7) is 2.04. The van der Waals surface area contributed by atoms with Gasteiger partial charge < -0.3 is 16.2 Å². The fourth-order valence-corrected chi connectivity index (χ4v) is 2.45. The highest BCUT2D eigenvalue weighted by molar-refractivity contribution is 6.03. The molecule has 0 aliphatic heterocycles. The lowest BCUT2D eigenvalue weighted by atomic mass is 10.1. The van der Waals surface area contributed by atoms with Gasteiger partial charge in [0.2, 0.25) is 0 Å². The van der Waals surface area contributed by atoms with E-state index in [2.05, 4.69) is 10.4 Å². The van der Waals surface area contributed by atoms with Crippen molar-refractivity contribution in [3.8, 4) is 0 Å². The summed E-state index contributed by atoms with van der Waals surface area (Å²) in [4.78, 5) is 22.7. The minimum absolute atomic E-state index is 0.117. The molecule has 1 saturated carbocycles. The van der Waals surface area contributed by atoms with Gasteiger partial charge in [-0.3, -0.25) is 4.79 Å². The maximum Gasteiger partial charge on any atom is 0.337 e. The molecule has 0 spiro atoms. The molecule has 0 aromatic carbocycles. The Kier molecular flexibility index (Phi) is 3.04. The second kappa shape index (κ2) is 4.76. The third-order valence-electron chi connectivity index (χ3n) is 3.85. The highest BCUT2D eigenvalue weighted by Gasteiger charge is 2.29. The van der Waals surface area contributed by atoms with Crippen molar-refractivity contribution in [2.75, 3.05) is 5.32 Å². The summed E-state index contributed by atoms with van der Waals surface area (Å²) in [5.41, 5.74) is 6.86. The molecular weight excluding hydrogens is 272 g/mol. The molecule has 110 valence electrons. The molecule has 1 fully saturated rings. The van der Waals surface area contributed by atoms with E-state index in [1.807, 2.05) is 6.92 Å². The third kappa shape index (κ3) is 2.42. The van der Waals surface area contributed by atoms with Crippen molar-refractivity contribution in [2.24, 2.45) is 11.7 Å². The van der Waals surface area contributed by atoms with Crippen LogP contribution in [-0.4, -0.2) is 32.6 Å². The van der Waals surface area contributed by atoms with Crippen molar-refractivity contribution in [3.05, 3.63) is 29.6 Å². The Morgan fingerprint density at radius 2 is 2.24 bits per heavy atom. The molecule has 1 atom stereocenters. The lowest BCUT2D eigenvalue weighted by molar-refractivity contribution is 0.0696. The van der Waals surface area contributed by atoms with E-state index >= 15 is 0 Å². The van der Waals surface area contributed by atoms with Crippen LogP contribution in [0.1, 0.15) is 40.5 Å². The summed E-state index contributed by atoms with van der Waals surface area (Å²) in [5, 5.41) is 16.4. The molecule has 1 aliphatic rings. The van der Waals surface area contributed by atoms with Gasteiger partial charge in [0.05, 0.1) is 28.5 Å². The average molecular weight is 288 g/mol. The van der Waals surface area contributed by atoms with Gasteiger partial charge in [-0.15, -0.1) is 0 Å². The van der Waals surface area contributed by atoms with E-state index < -0.39 is 11.9 Å². The van der Waals surface area contributed by atoms with Crippen molar-refractivity contribution < 1.29 is 14.7 Å². The van der Waals surface area contributed by atoms with Gasteiger partial charge in [0.25, 0.3) is 5.91 Å². The smallest absolute Gasteiger partial charge is 0.337 e. The van der Waals surface area contributed by atoms with Gasteiger partial charge in [0.15, 0.2) is 0 Å². The first-order chi connectivity index (χ1) is 9.97. The lowest BCUT2D eigenvalue weighted by Crippen LogP contribution is -2.22. The lowest BCUT2D eigenvalue weighted by Gasteiger charge is -2.17. The van der Waals surface area contributed by atoms with E-state index in [1.54, 1.807) is 0 Å². The summed E-state index contributed by atoms with van der Waals surface area (Å²) in [6.07, 6.45) is 5.09. The number of aromatic carboxylic acids is 1. The van der Waals surface area contributed by atoms with Gasteiger partial charge in [-0.25, -0.2) is 9.31 Å². The van der Waals surface area contributed by atoms with E-state index in [0.717, 1.165) is 12.8 Å². The summed E-state index contributed by atoms with van der Waals surface area (Å²) in [5.74, 6) is -1.05. The van der Waals surface area contributed by atoms with Crippen LogP contribution in [0.4, 0.5) is 5.69 Å². The quantitative estimate of drug-likeness (QED) is 0.769. The molecule has 0 unspecified atom stereocenters. The van der Waals surface area contributed by atoms with Crippen LogP contribution in [0.25, 0.3) is 5.52 Å². The molecule has 1 amide bonds. The number of hydrogen-bond acceptors (Lipinski definition) is 4. The summed E-state index contributed by atoms with van der Waals surface area (Å²) >= 11 is 0. The molecule has 2 heterocycles. The maximum absolute atomic E-state index is 11.6. The van der Waals surface area contributed by atoms with Crippen LogP contribution in [0.5, 0.6) is 0 Å². The van der Waals surface area contributed by atoms with Gasteiger partial charge in [0, 0.05) is 12.2 Å². The van der Waals surface area contributed by atoms with E-state index in [4.69, 9.17) is 10.8 Å². The number of primary amides is 1. The van der Waals surface area contributed by atoms with Gasteiger partial charge in [-0.1, -0.05) is 0 Å². The van der Waals surface area contributed by atoms with E-state index in [9.17, 15) is 9.59 Å². The van der Waals surface area contributed by atoms with Crippen molar-refractivity contribution >= 4 is 23.1 Å². The molecule has 3 rings (SSSR count). The van der Waals surface area contributed by atoms with Crippen molar-refractivity contribution in [3.63, 3.8) is 0 Å². The van der Waals surface area contributed by atoms with Gasteiger partial charge >= 0.3 is 5.97 Å². The zero-order valence-electron chi connectivity index (χ0n) is 11.5. The van der Waals surface area contributed by atoms with E-state index in [0.29, 0.717) is 17.1 Å². The predicted molar refractivity (Wildman–Crippen MR) is 76.5 cm³/mol. The van der Waals surface area contributed by atoms with Crippen LogP contribution in [0.3, 0.4) is 0 Å². The highest BCUT2D eigenvalue weighted by atomic mass is 16.4. The monoisotopic (exact) mass is 288 g/mol. The molecule has 2 aromatic heterocycles. The Balaban J connectivity index is 2.12. The van der Waals surface area contributed by atoms with Crippen molar-refractivity contribution in [1.29, 1.82) is 0 Å². The number of carbonyl (C=O) groups excluding carboxylic acids is 1. The number of rotatable bonds is 5. The molecule has 7 heteroatoms. The Morgan fingerprint density at radius 3 is 2.81 bits per heavy atom. The van der Waals surface area contributed by atoms with Gasteiger partial charge in [-0.2, -0.15) is 5.10 Å². The first-order valence-corrected chi connectivity index (χ1v) is 6.78. The number of nitrogens with one attached hydrogen (secondary N) is 1. The largest absolute Gasteiger partial charge is 0.478 e. The number of hydrogen-bond donors (Lipinski definition) is 3.